The molecule has 0 aromatic heterocycles. The second-order valence-corrected chi connectivity index (χ2v) is 7.15. The Bertz CT molecular complexity index is 384. The van der Waals surface area contributed by atoms with Gasteiger partial charge in [-0.1, -0.05) is 0 Å². The van der Waals surface area contributed by atoms with E-state index in [-0.39, 0.29) is 12.0 Å². The first-order chi connectivity index (χ1) is 9.22. The van der Waals surface area contributed by atoms with Gasteiger partial charge < -0.3 is 16.0 Å². The number of hydrogen-bond donors (Lipinski definition) is 2. The van der Waals surface area contributed by atoms with Crippen molar-refractivity contribution in [2.24, 2.45) is 23.5 Å². The Hall–Kier alpha value is -0.610. The molecular formula is C15H25N3O. The topological polar surface area (TPSA) is 58.4 Å². The van der Waals surface area contributed by atoms with E-state index in [0.717, 1.165) is 19.5 Å². The first-order valence-electron chi connectivity index (χ1n) is 8.03. The predicted octanol–water partition coefficient (Wildman–Crippen LogP) is 0.713. The molecule has 4 aliphatic rings. The van der Waals surface area contributed by atoms with E-state index in [9.17, 15) is 4.79 Å². The van der Waals surface area contributed by atoms with Crippen molar-refractivity contribution in [3.8, 4) is 0 Å². The molecule has 4 bridgehead atoms. The Balaban J connectivity index is 1.48. The SMILES string of the molecule is NC1C2CCC(C2)C1C(=O)N1CCC2CCC(C1)N2. The first-order valence-corrected chi connectivity index (χ1v) is 8.03. The van der Waals surface area contributed by atoms with Crippen LogP contribution >= 0.6 is 0 Å². The standard InChI is InChI=1S/C15H25N3O/c16-14-10-2-1-9(7-10)13(14)15(19)18-6-5-11-3-4-12(8-18)17-11/h9-14,17H,1-8,16H2. The summed E-state index contributed by atoms with van der Waals surface area (Å²) >= 11 is 0. The molecule has 2 saturated carbocycles. The molecule has 1 amide bonds. The lowest BCUT2D eigenvalue weighted by atomic mass is 9.84. The third kappa shape index (κ3) is 1.91. The molecule has 2 aliphatic carbocycles. The Labute approximate surface area is 115 Å². The number of nitrogens with zero attached hydrogens (tertiary/aromatic N) is 1. The summed E-state index contributed by atoms with van der Waals surface area (Å²) in [4.78, 5) is 15.0. The van der Waals surface area contributed by atoms with E-state index in [0.29, 0.717) is 29.8 Å². The van der Waals surface area contributed by atoms with Crippen molar-refractivity contribution in [1.82, 2.24) is 10.2 Å². The smallest absolute Gasteiger partial charge is 0.227 e. The van der Waals surface area contributed by atoms with E-state index in [4.69, 9.17) is 5.73 Å². The molecule has 0 spiro atoms. The van der Waals surface area contributed by atoms with Crippen molar-refractivity contribution in [3.05, 3.63) is 0 Å². The molecule has 4 rings (SSSR count). The molecule has 2 heterocycles. The lowest BCUT2D eigenvalue weighted by molar-refractivity contribution is -0.138. The van der Waals surface area contributed by atoms with Gasteiger partial charge in [0.25, 0.3) is 0 Å². The van der Waals surface area contributed by atoms with Crippen LogP contribution in [0.25, 0.3) is 0 Å². The summed E-state index contributed by atoms with van der Waals surface area (Å²) in [6.07, 6.45) is 7.33. The van der Waals surface area contributed by atoms with Crippen LogP contribution < -0.4 is 11.1 Å². The normalized spacial score (nSPS) is 48.6. The van der Waals surface area contributed by atoms with E-state index in [2.05, 4.69) is 10.2 Å². The van der Waals surface area contributed by atoms with Crippen molar-refractivity contribution >= 4 is 5.91 Å². The zero-order chi connectivity index (χ0) is 13.0. The minimum Gasteiger partial charge on any atom is -0.341 e. The van der Waals surface area contributed by atoms with Crippen LogP contribution in [-0.4, -0.2) is 42.0 Å². The number of likely N-dealkylation sites (tertiary alicyclic amines) is 1. The highest BCUT2D eigenvalue weighted by atomic mass is 16.2. The van der Waals surface area contributed by atoms with Crippen LogP contribution in [0.5, 0.6) is 0 Å². The fourth-order valence-corrected chi connectivity index (χ4v) is 5.06. The molecule has 0 aromatic rings. The minimum atomic E-state index is 0.135. The van der Waals surface area contributed by atoms with E-state index in [1.54, 1.807) is 0 Å². The van der Waals surface area contributed by atoms with Gasteiger partial charge in [0.2, 0.25) is 5.91 Å². The number of nitrogens with one attached hydrogen (secondary N) is 1. The molecule has 6 unspecified atom stereocenters. The number of carbonyl (C=O) groups is 1. The molecule has 6 atom stereocenters. The van der Waals surface area contributed by atoms with Crippen molar-refractivity contribution in [1.29, 1.82) is 0 Å². The van der Waals surface area contributed by atoms with Gasteiger partial charge in [0.05, 0.1) is 5.92 Å². The number of rotatable bonds is 1. The van der Waals surface area contributed by atoms with E-state index >= 15 is 0 Å². The predicted molar refractivity (Wildman–Crippen MR) is 73.4 cm³/mol. The summed E-state index contributed by atoms with van der Waals surface area (Å²) in [5.41, 5.74) is 6.32. The average molecular weight is 263 g/mol. The van der Waals surface area contributed by atoms with Crippen LogP contribution in [0, 0.1) is 17.8 Å². The summed E-state index contributed by atoms with van der Waals surface area (Å²) in [7, 11) is 0. The van der Waals surface area contributed by atoms with Crippen LogP contribution in [-0.2, 0) is 4.79 Å². The lowest BCUT2D eigenvalue weighted by Crippen LogP contribution is -2.49. The molecule has 4 fully saturated rings. The van der Waals surface area contributed by atoms with Gasteiger partial charge in [0.1, 0.15) is 0 Å². The molecule has 2 saturated heterocycles. The third-order valence-corrected chi connectivity index (χ3v) is 6.10. The molecule has 4 nitrogen and oxygen atoms in total. The summed E-state index contributed by atoms with van der Waals surface area (Å²) in [6.45, 7) is 1.85. The van der Waals surface area contributed by atoms with Crippen LogP contribution in [0.1, 0.15) is 38.5 Å². The second kappa shape index (κ2) is 4.45. The van der Waals surface area contributed by atoms with Gasteiger partial charge in [0.15, 0.2) is 0 Å². The maximum Gasteiger partial charge on any atom is 0.227 e. The summed E-state index contributed by atoms with van der Waals surface area (Å²) in [5, 5.41) is 3.65. The number of carbonyl (C=O) groups excluding carboxylic acids is 1. The highest BCUT2D eigenvalue weighted by molar-refractivity contribution is 5.80. The molecule has 2 aliphatic heterocycles. The van der Waals surface area contributed by atoms with Crippen molar-refractivity contribution in [2.75, 3.05) is 13.1 Å². The summed E-state index contributed by atoms with van der Waals surface area (Å²) < 4.78 is 0. The monoisotopic (exact) mass is 263 g/mol. The zero-order valence-corrected chi connectivity index (χ0v) is 11.6. The minimum absolute atomic E-state index is 0.135. The van der Waals surface area contributed by atoms with Crippen molar-refractivity contribution < 1.29 is 4.79 Å². The maximum atomic E-state index is 12.8. The fraction of sp³-hybridized carbons (Fsp3) is 0.933. The van der Waals surface area contributed by atoms with Crippen LogP contribution in [0.3, 0.4) is 0 Å². The zero-order valence-electron chi connectivity index (χ0n) is 11.6. The summed E-state index contributed by atoms with van der Waals surface area (Å²) in [5.74, 6) is 1.71. The van der Waals surface area contributed by atoms with Gasteiger partial charge in [-0.3, -0.25) is 4.79 Å². The van der Waals surface area contributed by atoms with Gasteiger partial charge in [-0.05, 0) is 50.4 Å². The third-order valence-electron chi connectivity index (χ3n) is 6.10. The Morgan fingerprint density at radius 3 is 2.63 bits per heavy atom. The highest BCUT2D eigenvalue weighted by Crippen LogP contribution is 2.48. The molecule has 0 radical (unpaired) electrons. The molecule has 3 N–H and O–H groups in total. The maximum absolute atomic E-state index is 12.8. The number of hydrogen-bond acceptors (Lipinski definition) is 3. The van der Waals surface area contributed by atoms with Gasteiger partial charge in [-0.2, -0.15) is 0 Å². The number of fused-ring (bicyclic) bond motifs is 4. The Morgan fingerprint density at radius 2 is 1.84 bits per heavy atom. The van der Waals surface area contributed by atoms with Crippen LogP contribution in [0.15, 0.2) is 0 Å². The average Bonchev–Trinajstić information content (AvgIpc) is 3.03. The van der Waals surface area contributed by atoms with Crippen molar-refractivity contribution in [2.45, 2.75) is 56.7 Å². The first kappa shape index (κ1) is 12.2. The molecular weight excluding hydrogens is 238 g/mol. The van der Waals surface area contributed by atoms with E-state index in [1.807, 2.05) is 0 Å². The van der Waals surface area contributed by atoms with Crippen LogP contribution in [0.4, 0.5) is 0 Å². The van der Waals surface area contributed by atoms with Gasteiger partial charge >= 0.3 is 0 Å². The number of nitrogens with two attached hydrogens (primary N) is 1. The second-order valence-electron chi connectivity index (χ2n) is 7.15. The molecule has 19 heavy (non-hydrogen) atoms. The number of amides is 1. The summed E-state index contributed by atoms with van der Waals surface area (Å²) in [6, 6.07) is 1.32. The van der Waals surface area contributed by atoms with E-state index < -0.39 is 0 Å². The lowest BCUT2D eigenvalue weighted by Gasteiger charge is -2.33. The van der Waals surface area contributed by atoms with Crippen molar-refractivity contribution in [3.63, 3.8) is 0 Å². The van der Waals surface area contributed by atoms with E-state index in [1.165, 1.54) is 32.1 Å². The molecule has 106 valence electrons. The van der Waals surface area contributed by atoms with Gasteiger partial charge in [-0.25, -0.2) is 0 Å². The fourth-order valence-electron chi connectivity index (χ4n) is 5.06. The molecule has 0 aromatic carbocycles. The van der Waals surface area contributed by atoms with Crippen LogP contribution in [0.2, 0.25) is 0 Å². The quantitative estimate of drug-likeness (QED) is 0.732. The highest BCUT2D eigenvalue weighted by Gasteiger charge is 2.50. The van der Waals surface area contributed by atoms with Gasteiger partial charge in [-0.15, -0.1) is 0 Å². The molecule has 4 heteroatoms. The Kier molecular flexibility index (Phi) is 2.85. The van der Waals surface area contributed by atoms with Gasteiger partial charge in [0, 0.05) is 31.2 Å². The Morgan fingerprint density at radius 1 is 1.05 bits per heavy atom. The largest absolute Gasteiger partial charge is 0.341 e.